The van der Waals surface area contributed by atoms with E-state index in [2.05, 4.69) is 54.3 Å². The van der Waals surface area contributed by atoms with E-state index in [9.17, 15) is 4.79 Å². The maximum Gasteiger partial charge on any atom is 0.223 e. The smallest absolute Gasteiger partial charge is 0.223 e. The number of rotatable bonds is 9. The monoisotopic (exact) mass is 338 g/mol. The SMILES string of the molecule is CC(c1ccc2ccccc2c1)N(C(=O)CCCCCCN)C1CC1. The van der Waals surface area contributed by atoms with Crippen LogP contribution in [-0.4, -0.2) is 23.4 Å². The molecule has 3 nitrogen and oxygen atoms in total. The van der Waals surface area contributed by atoms with E-state index < -0.39 is 0 Å². The Balaban J connectivity index is 1.67. The van der Waals surface area contributed by atoms with E-state index in [-0.39, 0.29) is 6.04 Å². The summed E-state index contributed by atoms with van der Waals surface area (Å²) in [6.45, 7) is 2.93. The molecular formula is C22H30N2O. The molecule has 25 heavy (non-hydrogen) atoms. The molecule has 0 bridgehead atoms. The molecule has 0 heterocycles. The molecule has 1 aliphatic carbocycles. The maximum absolute atomic E-state index is 12.8. The first kappa shape index (κ1) is 17.9. The molecule has 0 aromatic heterocycles. The van der Waals surface area contributed by atoms with Crippen LogP contribution in [0.3, 0.4) is 0 Å². The summed E-state index contributed by atoms with van der Waals surface area (Å²) in [5.74, 6) is 0.316. The van der Waals surface area contributed by atoms with Crippen molar-refractivity contribution in [2.24, 2.45) is 5.73 Å². The second kappa shape index (κ2) is 8.48. The number of hydrogen-bond donors (Lipinski definition) is 1. The predicted octanol–water partition coefficient (Wildman–Crippen LogP) is 4.80. The molecule has 1 atom stereocenters. The molecule has 0 radical (unpaired) electrons. The van der Waals surface area contributed by atoms with Crippen LogP contribution in [0.15, 0.2) is 42.5 Å². The first-order valence-electron chi connectivity index (χ1n) is 9.70. The Morgan fingerprint density at radius 1 is 1.08 bits per heavy atom. The van der Waals surface area contributed by atoms with Crippen LogP contribution < -0.4 is 5.73 Å². The fraction of sp³-hybridized carbons (Fsp3) is 0.500. The number of benzene rings is 2. The highest BCUT2D eigenvalue weighted by Crippen LogP contribution is 2.36. The van der Waals surface area contributed by atoms with E-state index in [0.29, 0.717) is 18.4 Å². The van der Waals surface area contributed by atoms with Gasteiger partial charge < -0.3 is 10.6 Å². The quantitative estimate of drug-likeness (QED) is 0.668. The number of hydrogen-bond acceptors (Lipinski definition) is 2. The Labute approximate surface area is 151 Å². The highest BCUT2D eigenvalue weighted by molar-refractivity contribution is 5.83. The number of carbonyl (C=O) groups excluding carboxylic acids is 1. The minimum atomic E-state index is 0.147. The van der Waals surface area contributed by atoms with Crippen LogP contribution in [0.25, 0.3) is 10.8 Å². The molecule has 3 rings (SSSR count). The number of unbranched alkanes of at least 4 members (excludes halogenated alkanes) is 3. The molecular weight excluding hydrogens is 308 g/mol. The first-order valence-corrected chi connectivity index (χ1v) is 9.70. The van der Waals surface area contributed by atoms with Gasteiger partial charge >= 0.3 is 0 Å². The minimum Gasteiger partial charge on any atom is -0.333 e. The second-order valence-electron chi connectivity index (χ2n) is 7.27. The number of nitrogens with two attached hydrogens (primary N) is 1. The molecule has 0 spiro atoms. The summed E-state index contributed by atoms with van der Waals surface area (Å²) in [6.07, 6.45) is 7.24. The van der Waals surface area contributed by atoms with E-state index in [1.807, 2.05) is 0 Å². The second-order valence-corrected chi connectivity index (χ2v) is 7.27. The predicted molar refractivity (Wildman–Crippen MR) is 104 cm³/mol. The first-order chi connectivity index (χ1) is 12.2. The van der Waals surface area contributed by atoms with Crippen molar-refractivity contribution >= 4 is 16.7 Å². The molecule has 1 aliphatic rings. The Bertz CT molecular complexity index is 708. The van der Waals surface area contributed by atoms with Crippen molar-refractivity contribution in [3.05, 3.63) is 48.0 Å². The summed E-state index contributed by atoms with van der Waals surface area (Å²) in [5, 5.41) is 2.50. The van der Waals surface area contributed by atoms with Gasteiger partial charge in [-0.05, 0) is 61.6 Å². The van der Waals surface area contributed by atoms with Gasteiger partial charge in [-0.2, -0.15) is 0 Å². The Morgan fingerprint density at radius 2 is 1.80 bits per heavy atom. The average molecular weight is 338 g/mol. The van der Waals surface area contributed by atoms with Gasteiger partial charge in [-0.1, -0.05) is 49.2 Å². The summed E-state index contributed by atoms with van der Waals surface area (Å²) in [5.41, 5.74) is 6.77. The summed E-state index contributed by atoms with van der Waals surface area (Å²) in [7, 11) is 0. The van der Waals surface area contributed by atoms with Crippen LogP contribution in [0, 0.1) is 0 Å². The lowest BCUT2D eigenvalue weighted by molar-refractivity contribution is -0.134. The molecule has 2 N–H and O–H groups in total. The number of carbonyl (C=O) groups is 1. The van der Waals surface area contributed by atoms with Gasteiger partial charge in [0, 0.05) is 12.5 Å². The highest BCUT2D eigenvalue weighted by atomic mass is 16.2. The molecule has 0 saturated heterocycles. The van der Waals surface area contributed by atoms with Gasteiger partial charge in [0.1, 0.15) is 0 Å². The molecule has 1 saturated carbocycles. The molecule has 134 valence electrons. The average Bonchev–Trinajstić information content (AvgIpc) is 3.46. The van der Waals surface area contributed by atoms with E-state index in [1.54, 1.807) is 0 Å². The molecule has 1 unspecified atom stereocenters. The summed E-state index contributed by atoms with van der Waals surface area (Å²) < 4.78 is 0. The number of nitrogens with zero attached hydrogens (tertiary/aromatic N) is 1. The Morgan fingerprint density at radius 3 is 2.52 bits per heavy atom. The van der Waals surface area contributed by atoms with Crippen LogP contribution in [0.4, 0.5) is 0 Å². The van der Waals surface area contributed by atoms with Crippen LogP contribution >= 0.6 is 0 Å². The van der Waals surface area contributed by atoms with E-state index >= 15 is 0 Å². The van der Waals surface area contributed by atoms with Crippen LogP contribution in [-0.2, 0) is 4.79 Å². The maximum atomic E-state index is 12.8. The lowest BCUT2D eigenvalue weighted by Gasteiger charge is -2.30. The van der Waals surface area contributed by atoms with Crippen molar-refractivity contribution in [3.63, 3.8) is 0 Å². The molecule has 0 aliphatic heterocycles. The van der Waals surface area contributed by atoms with Crippen molar-refractivity contribution in [2.45, 2.75) is 64.0 Å². The van der Waals surface area contributed by atoms with Gasteiger partial charge in [0.15, 0.2) is 0 Å². The van der Waals surface area contributed by atoms with Crippen LogP contribution in [0.1, 0.15) is 63.5 Å². The standard InChI is InChI=1S/C22H30N2O/c1-17(19-12-11-18-8-5-6-9-20(18)16-19)24(21-13-14-21)22(25)10-4-2-3-7-15-23/h5-6,8-9,11-12,16-17,21H,2-4,7,10,13-15,23H2,1H3. The number of fused-ring (bicyclic) bond motifs is 1. The molecule has 2 aromatic carbocycles. The van der Waals surface area contributed by atoms with Crippen molar-refractivity contribution in [1.29, 1.82) is 0 Å². The molecule has 3 heteroatoms. The van der Waals surface area contributed by atoms with Gasteiger partial charge in [0.25, 0.3) is 0 Å². The zero-order valence-corrected chi connectivity index (χ0v) is 15.3. The fourth-order valence-corrected chi connectivity index (χ4v) is 3.62. The Hall–Kier alpha value is -1.87. The van der Waals surface area contributed by atoms with E-state index in [0.717, 1.165) is 45.1 Å². The van der Waals surface area contributed by atoms with Crippen molar-refractivity contribution < 1.29 is 4.79 Å². The third-order valence-electron chi connectivity index (χ3n) is 5.25. The molecule has 2 aromatic rings. The van der Waals surface area contributed by atoms with Gasteiger partial charge in [-0.15, -0.1) is 0 Å². The minimum absolute atomic E-state index is 0.147. The lowest BCUT2D eigenvalue weighted by Crippen LogP contribution is -2.35. The van der Waals surface area contributed by atoms with E-state index in [4.69, 9.17) is 5.73 Å². The van der Waals surface area contributed by atoms with Gasteiger partial charge in [0.2, 0.25) is 5.91 Å². The summed E-state index contributed by atoms with van der Waals surface area (Å²) >= 11 is 0. The van der Waals surface area contributed by atoms with Crippen LogP contribution in [0.5, 0.6) is 0 Å². The fourth-order valence-electron chi connectivity index (χ4n) is 3.62. The summed E-state index contributed by atoms with van der Waals surface area (Å²) in [6, 6.07) is 15.6. The van der Waals surface area contributed by atoms with Crippen molar-refractivity contribution in [3.8, 4) is 0 Å². The van der Waals surface area contributed by atoms with E-state index in [1.165, 1.54) is 16.3 Å². The largest absolute Gasteiger partial charge is 0.333 e. The normalized spacial score (nSPS) is 15.3. The number of amides is 1. The highest BCUT2D eigenvalue weighted by Gasteiger charge is 2.35. The topological polar surface area (TPSA) is 46.3 Å². The van der Waals surface area contributed by atoms with Gasteiger partial charge in [-0.3, -0.25) is 4.79 Å². The zero-order valence-electron chi connectivity index (χ0n) is 15.3. The molecule has 1 amide bonds. The third-order valence-corrected chi connectivity index (χ3v) is 5.25. The lowest BCUT2D eigenvalue weighted by atomic mass is 10.0. The van der Waals surface area contributed by atoms with Gasteiger partial charge in [-0.25, -0.2) is 0 Å². The van der Waals surface area contributed by atoms with Crippen molar-refractivity contribution in [1.82, 2.24) is 4.90 Å². The molecule has 1 fully saturated rings. The summed E-state index contributed by atoms with van der Waals surface area (Å²) in [4.78, 5) is 15.0. The third kappa shape index (κ3) is 4.60. The van der Waals surface area contributed by atoms with Crippen molar-refractivity contribution in [2.75, 3.05) is 6.54 Å². The zero-order chi connectivity index (χ0) is 17.6. The van der Waals surface area contributed by atoms with Crippen LogP contribution in [0.2, 0.25) is 0 Å². The Kier molecular flexibility index (Phi) is 6.09. The van der Waals surface area contributed by atoms with Gasteiger partial charge in [0.05, 0.1) is 6.04 Å².